The number of rotatable bonds is 1. The Morgan fingerprint density at radius 1 is 1.11 bits per heavy atom. The Labute approximate surface area is 113 Å². The Kier molecular flexibility index (Phi) is 3.73. The standard InChI is InChI=1S/C14H15NO2.ClH/c16-13-10-12(11-4-2-1-3-5-11)17-14(13)6-8-15-9-7-14;/h1-5,10,15H,6-9H2;1H. The number of carbonyl (C=O) groups is 1. The van der Waals surface area contributed by atoms with Gasteiger partial charge in [-0.25, -0.2) is 0 Å². The molecule has 0 bridgehead atoms. The van der Waals surface area contributed by atoms with Gasteiger partial charge in [-0.2, -0.15) is 0 Å². The first kappa shape index (κ1) is 13.1. The van der Waals surface area contributed by atoms with Gasteiger partial charge in [0.15, 0.2) is 5.60 Å². The Morgan fingerprint density at radius 2 is 1.78 bits per heavy atom. The van der Waals surface area contributed by atoms with Gasteiger partial charge in [0, 0.05) is 24.5 Å². The summed E-state index contributed by atoms with van der Waals surface area (Å²) in [5, 5.41) is 3.26. The van der Waals surface area contributed by atoms with Gasteiger partial charge >= 0.3 is 0 Å². The molecule has 0 saturated carbocycles. The van der Waals surface area contributed by atoms with Crippen molar-refractivity contribution in [3.05, 3.63) is 42.0 Å². The molecule has 2 aliphatic heterocycles. The number of hydrogen-bond donors (Lipinski definition) is 1. The van der Waals surface area contributed by atoms with Crippen LogP contribution in [0.15, 0.2) is 36.4 Å². The number of ether oxygens (including phenoxy) is 1. The van der Waals surface area contributed by atoms with E-state index in [1.807, 2.05) is 30.3 Å². The van der Waals surface area contributed by atoms with Gasteiger partial charge in [0.2, 0.25) is 5.78 Å². The number of nitrogens with one attached hydrogen (secondary N) is 1. The quantitative estimate of drug-likeness (QED) is 0.846. The number of halogens is 1. The molecule has 0 amide bonds. The summed E-state index contributed by atoms with van der Waals surface area (Å²) < 4.78 is 5.96. The predicted octanol–water partition coefficient (Wildman–Crippen LogP) is 2.17. The number of carbonyl (C=O) groups excluding carboxylic acids is 1. The van der Waals surface area contributed by atoms with Crippen molar-refractivity contribution in [2.24, 2.45) is 0 Å². The van der Waals surface area contributed by atoms with Crippen molar-refractivity contribution < 1.29 is 9.53 Å². The van der Waals surface area contributed by atoms with Crippen LogP contribution in [0.25, 0.3) is 5.76 Å². The fourth-order valence-corrected chi connectivity index (χ4v) is 2.46. The molecule has 1 N–H and O–H groups in total. The van der Waals surface area contributed by atoms with E-state index in [1.165, 1.54) is 0 Å². The summed E-state index contributed by atoms with van der Waals surface area (Å²) in [6.07, 6.45) is 3.18. The van der Waals surface area contributed by atoms with Crippen molar-refractivity contribution >= 4 is 23.9 Å². The lowest BCUT2D eigenvalue weighted by atomic mass is 9.89. The smallest absolute Gasteiger partial charge is 0.203 e. The maximum Gasteiger partial charge on any atom is 0.203 e. The van der Waals surface area contributed by atoms with Crippen molar-refractivity contribution in [1.82, 2.24) is 5.32 Å². The van der Waals surface area contributed by atoms with E-state index in [2.05, 4.69) is 5.32 Å². The summed E-state index contributed by atoms with van der Waals surface area (Å²) in [6, 6.07) is 9.81. The van der Waals surface area contributed by atoms with Gasteiger partial charge in [-0.15, -0.1) is 12.4 Å². The average molecular weight is 266 g/mol. The van der Waals surface area contributed by atoms with E-state index in [4.69, 9.17) is 4.74 Å². The van der Waals surface area contributed by atoms with Crippen LogP contribution in [0.1, 0.15) is 18.4 Å². The van der Waals surface area contributed by atoms with Gasteiger partial charge in [0.25, 0.3) is 0 Å². The van der Waals surface area contributed by atoms with Crippen LogP contribution in [0.5, 0.6) is 0 Å². The van der Waals surface area contributed by atoms with Crippen LogP contribution < -0.4 is 5.32 Å². The topological polar surface area (TPSA) is 38.3 Å². The molecule has 0 unspecified atom stereocenters. The molecule has 4 heteroatoms. The highest BCUT2D eigenvalue weighted by Gasteiger charge is 2.45. The summed E-state index contributed by atoms with van der Waals surface area (Å²) in [7, 11) is 0. The van der Waals surface area contributed by atoms with Crippen LogP contribution in [0.4, 0.5) is 0 Å². The normalized spacial score (nSPS) is 21.1. The maximum absolute atomic E-state index is 12.1. The Balaban J connectivity index is 0.00000120. The number of hydrogen-bond acceptors (Lipinski definition) is 3. The van der Waals surface area contributed by atoms with Gasteiger partial charge in [0.1, 0.15) is 5.76 Å². The van der Waals surface area contributed by atoms with E-state index < -0.39 is 5.60 Å². The van der Waals surface area contributed by atoms with Crippen molar-refractivity contribution in [3.63, 3.8) is 0 Å². The highest BCUT2D eigenvalue weighted by Crippen LogP contribution is 2.36. The van der Waals surface area contributed by atoms with Crippen molar-refractivity contribution in [3.8, 4) is 0 Å². The summed E-state index contributed by atoms with van der Waals surface area (Å²) in [6.45, 7) is 1.70. The second-order valence-corrected chi connectivity index (χ2v) is 4.59. The summed E-state index contributed by atoms with van der Waals surface area (Å²) in [5.74, 6) is 0.843. The highest BCUT2D eigenvalue weighted by atomic mass is 35.5. The van der Waals surface area contributed by atoms with Crippen LogP contribution in [-0.2, 0) is 9.53 Å². The van der Waals surface area contributed by atoms with E-state index in [1.54, 1.807) is 6.08 Å². The fraction of sp³-hybridized carbons (Fsp3) is 0.357. The summed E-state index contributed by atoms with van der Waals surface area (Å²) in [5.41, 5.74) is 0.396. The maximum atomic E-state index is 12.1. The third-order valence-corrected chi connectivity index (χ3v) is 3.49. The predicted molar refractivity (Wildman–Crippen MR) is 72.6 cm³/mol. The van der Waals surface area contributed by atoms with Crippen LogP contribution in [0.3, 0.4) is 0 Å². The molecular weight excluding hydrogens is 250 g/mol. The second-order valence-electron chi connectivity index (χ2n) is 4.59. The lowest BCUT2D eigenvalue weighted by molar-refractivity contribution is -0.130. The highest BCUT2D eigenvalue weighted by molar-refractivity contribution is 6.05. The van der Waals surface area contributed by atoms with Crippen molar-refractivity contribution in [2.75, 3.05) is 13.1 Å². The minimum atomic E-state index is -0.587. The molecule has 3 nitrogen and oxygen atoms in total. The lowest BCUT2D eigenvalue weighted by Crippen LogP contribution is -2.46. The molecule has 2 aliphatic rings. The number of ketones is 1. The minimum Gasteiger partial charge on any atom is -0.478 e. The largest absolute Gasteiger partial charge is 0.478 e. The van der Waals surface area contributed by atoms with Crippen LogP contribution in [0, 0.1) is 0 Å². The monoisotopic (exact) mass is 265 g/mol. The van der Waals surface area contributed by atoms with Gasteiger partial charge < -0.3 is 10.1 Å². The first-order valence-electron chi connectivity index (χ1n) is 6.01. The molecule has 0 aliphatic carbocycles. The summed E-state index contributed by atoms with van der Waals surface area (Å²) >= 11 is 0. The SMILES string of the molecule is Cl.O=C1C=C(c2ccccc2)OC12CCNCC2. The van der Waals surface area contributed by atoms with Gasteiger partial charge in [-0.3, -0.25) is 4.79 Å². The van der Waals surface area contributed by atoms with Crippen LogP contribution in [-0.4, -0.2) is 24.5 Å². The molecule has 1 saturated heterocycles. The molecule has 1 spiro atoms. The van der Waals surface area contributed by atoms with E-state index >= 15 is 0 Å². The third kappa shape index (κ3) is 2.16. The third-order valence-electron chi connectivity index (χ3n) is 3.49. The molecule has 0 aromatic heterocycles. The van der Waals surface area contributed by atoms with E-state index in [9.17, 15) is 4.79 Å². The average Bonchev–Trinajstić information content (AvgIpc) is 2.69. The summed E-state index contributed by atoms with van der Waals surface area (Å²) in [4.78, 5) is 12.1. The molecule has 18 heavy (non-hydrogen) atoms. The van der Waals surface area contributed by atoms with E-state index in [0.29, 0.717) is 0 Å². The molecule has 1 aromatic carbocycles. The van der Waals surface area contributed by atoms with Crippen molar-refractivity contribution in [2.45, 2.75) is 18.4 Å². The molecule has 0 radical (unpaired) electrons. The fourth-order valence-electron chi connectivity index (χ4n) is 2.46. The number of piperidine rings is 1. The molecule has 2 heterocycles. The zero-order valence-electron chi connectivity index (χ0n) is 10.0. The zero-order valence-corrected chi connectivity index (χ0v) is 10.8. The second kappa shape index (κ2) is 5.12. The molecule has 1 fully saturated rings. The Bertz CT molecular complexity index is 464. The zero-order chi connectivity index (χ0) is 11.7. The number of benzene rings is 1. The van der Waals surface area contributed by atoms with Gasteiger partial charge in [-0.05, 0) is 13.1 Å². The first-order chi connectivity index (χ1) is 8.30. The van der Waals surface area contributed by atoms with E-state index in [0.717, 1.165) is 37.3 Å². The van der Waals surface area contributed by atoms with Crippen LogP contribution >= 0.6 is 12.4 Å². The van der Waals surface area contributed by atoms with Gasteiger partial charge in [-0.1, -0.05) is 30.3 Å². The minimum absolute atomic E-state index is 0. The molecule has 0 atom stereocenters. The molecule has 1 aromatic rings. The Hall–Kier alpha value is -1.32. The first-order valence-corrected chi connectivity index (χ1v) is 6.01. The lowest BCUT2D eigenvalue weighted by Gasteiger charge is -2.32. The van der Waals surface area contributed by atoms with Crippen LogP contribution in [0.2, 0.25) is 0 Å². The van der Waals surface area contributed by atoms with Gasteiger partial charge in [0.05, 0.1) is 0 Å². The van der Waals surface area contributed by atoms with Crippen molar-refractivity contribution in [1.29, 1.82) is 0 Å². The molecule has 3 rings (SSSR count). The molecule has 96 valence electrons. The molecular formula is C14H16ClNO2. The Morgan fingerprint density at radius 3 is 2.44 bits per heavy atom. The van der Waals surface area contributed by atoms with E-state index in [-0.39, 0.29) is 18.2 Å².